The highest BCUT2D eigenvalue weighted by Gasteiger charge is 2.34. The third kappa shape index (κ3) is 2.84. The Morgan fingerprint density at radius 3 is 3.12 bits per heavy atom. The number of aliphatic hydroxyl groups excluding tert-OH is 1. The van der Waals surface area contributed by atoms with Crippen LogP contribution in [0.4, 0.5) is 0 Å². The second-order valence-corrected chi connectivity index (χ2v) is 6.13. The summed E-state index contributed by atoms with van der Waals surface area (Å²) in [5.41, 5.74) is 0.0789. The summed E-state index contributed by atoms with van der Waals surface area (Å²) in [6.45, 7) is 4.06. The smallest absolute Gasteiger partial charge is 0.0605 e. The van der Waals surface area contributed by atoms with Crippen molar-refractivity contribution in [3.8, 4) is 0 Å². The van der Waals surface area contributed by atoms with Gasteiger partial charge in [-0.1, -0.05) is 25.8 Å². The first kappa shape index (κ1) is 12.1. The summed E-state index contributed by atoms with van der Waals surface area (Å²) in [4.78, 5) is 1.37. The maximum atomic E-state index is 10.0. The fourth-order valence-electron chi connectivity index (χ4n) is 2.47. The molecule has 1 saturated carbocycles. The molecular formula is C13H21NOS. The largest absolute Gasteiger partial charge is 0.393 e. The lowest BCUT2D eigenvalue weighted by Crippen LogP contribution is -2.43. The van der Waals surface area contributed by atoms with Crippen molar-refractivity contribution >= 4 is 11.3 Å². The molecule has 2 nitrogen and oxygen atoms in total. The monoisotopic (exact) mass is 239 g/mol. The minimum absolute atomic E-state index is 0.0789. The van der Waals surface area contributed by atoms with Crippen LogP contribution in [0, 0.1) is 5.41 Å². The molecule has 1 aromatic rings. The number of hydrogen-bond donors (Lipinski definition) is 2. The summed E-state index contributed by atoms with van der Waals surface area (Å²) in [7, 11) is 0. The second kappa shape index (κ2) is 5.30. The van der Waals surface area contributed by atoms with Crippen LogP contribution in [-0.4, -0.2) is 17.8 Å². The standard InChI is InChI=1S/C13H21NOS/c1-13(7-3-2-6-12(13)15)10-14-9-11-5-4-8-16-11/h4-5,8,12,14-15H,2-3,6-7,9-10H2,1H3. The summed E-state index contributed by atoms with van der Waals surface area (Å²) in [5.74, 6) is 0. The summed E-state index contributed by atoms with van der Waals surface area (Å²) >= 11 is 1.78. The SMILES string of the molecule is CC1(CNCc2cccs2)CCCCC1O. The van der Waals surface area contributed by atoms with E-state index in [2.05, 4.69) is 29.8 Å². The highest BCUT2D eigenvalue weighted by Crippen LogP contribution is 2.35. The third-order valence-electron chi connectivity index (χ3n) is 3.69. The third-order valence-corrected chi connectivity index (χ3v) is 4.56. The van der Waals surface area contributed by atoms with Gasteiger partial charge in [0.1, 0.15) is 0 Å². The quantitative estimate of drug-likeness (QED) is 0.847. The molecule has 0 radical (unpaired) electrons. The van der Waals surface area contributed by atoms with Crippen LogP contribution in [-0.2, 0) is 6.54 Å². The van der Waals surface area contributed by atoms with Crippen molar-refractivity contribution < 1.29 is 5.11 Å². The Labute approximate surface area is 102 Å². The minimum atomic E-state index is -0.128. The normalized spacial score (nSPS) is 30.5. The highest BCUT2D eigenvalue weighted by atomic mass is 32.1. The van der Waals surface area contributed by atoms with Gasteiger partial charge in [0.05, 0.1) is 6.10 Å². The molecule has 2 rings (SSSR count). The molecule has 0 bridgehead atoms. The molecular weight excluding hydrogens is 218 g/mol. The molecule has 0 aromatic carbocycles. The van der Waals surface area contributed by atoms with E-state index in [-0.39, 0.29) is 11.5 Å². The van der Waals surface area contributed by atoms with E-state index >= 15 is 0 Å². The summed E-state index contributed by atoms with van der Waals surface area (Å²) in [6, 6.07) is 4.23. The average molecular weight is 239 g/mol. The van der Waals surface area contributed by atoms with Crippen molar-refractivity contribution in [3.05, 3.63) is 22.4 Å². The van der Waals surface area contributed by atoms with Crippen LogP contribution in [0.5, 0.6) is 0 Å². The Hall–Kier alpha value is -0.380. The summed E-state index contributed by atoms with van der Waals surface area (Å²) in [6.07, 6.45) is 4.43. The fraction of sp³-hybridized carbons (Fsp3) is 0.692. The van der Waals surface area contributed by atoms with Gasteiger partial charge in [-0.25, -0.2) is 0 Å². The van der Waals surface area contributed by atoms with E-state index in [0.29, 0.717) is 0 Å². The summed E-state index contributed by atoms with van der Waals surface area (Å²) in [5, 5.41) is 15.6. The first-order chi connectivity index (χ1) is 7.71. The van der Waals surface area contributed by atoms with Crippen molar-refractivity contribution in [2.75, 3.05) is 6.54 Å². The maximum absolute atomic E-state index is 10.0. The van der Waals surface area contributed by atoms with Gasteiger partial charge in [0.15, 0.2) is 0 Å². The van der Waals surface area contributed by atoms with Gasteiger partial charge in [-0.2, -0.15) is 0 Å². The topological polar surface area (TPSA) is 32.3 Å². The van der Waals surface area contributed by atoms with Crippen LogP contribution in [0.1, 0.15) is 37.5 Å². The molecule has 2 unspecified atom stereocenters. The molecule has 1 fully saturated rings. The van der Waals surface area contributed by atoms with Gasteiger partial charge >= 0.3 is 0 Å². The average Bonchev–Trinajstić information content (AvgIpc) is 2.76. The zero-order valence-corrected chi connectivity index (χ0v) is 10.7. The number of nitrogens with one attached hydrogen (secondary N) is 1. The van der Waals surface area contributed by atoms with Crippen molar-refractivity contribution in [1.29, 1.82) is 0 Å². The van der Waals surface area contributed by atoms with Crippen LogP contribution in [0.15, 0.2) is 17.5 Å². The molecule has 0 spiro atoms. The zero-order valence-electron chi connectivity index (χ0n) is 9.91. The Bertz CT molecular complexity index is 312. The lowest BCUT2D eigenvalue weighted by Gasteiger charge is -2.38. The van der Waals surface area contributed by atoms with Crippen LogP contribution < -0.4 is 5.32 Å². The van der Waals surface area contributed by atoms with E-state index in [4.69, 9.17) is 0 Å². The van der Waals surface area contributed by atoms with Crippen LogP contribution in [0.25, 0.3) is 0 Å². The lowest BCUT2D eigenvalue weighted by molar-refractivity contribution is 0.00119. The Kier molecular flexibility index (Phi) is 4.00. The fourth-order valence-corrected chi connectivity index (χ4v) is 3.15. The van der Waals surface area contributed by atoms with E-state index < -0.39 is 0 Å². The van der Waals surface area contributed by atoms with E-state index in [1.54, 1.807) is 11.3 Å². The first-order valence-corrected chi connectivity index (χ1v) is 7.00. The predicted molar refractivity (Wildman–Crippen MR) is 68.6 cm³/mol. The number of aliphatic hydroxyl groups is 1. The molecule has 1 aliphatic rings. The van der Waals surface area contributed by atoms with Crippen LogP contribution >= 0.6 is 11.3 Å². The lowest BCUT2D eigenvalue weighted by atomic mass is 9.73. The molecule has 2 atom stereocenters. The Balaban J connectivity index is 1.79. The maximum Gasteiger partial charge on any atom is 0.0605 e. The van der Waals surface area contributed by atoms with Crippen molar-refractivity contribution in [1.82, 2.24) is 5.32 Å². The van der Waals surface area contributed by atoms with E-state index in [0.717, 1.165) is 25.9 Å². The van der Waals surface area contributed by atoms with Crippen molar-refractivity contribution in [2.24, 2.45) is 5.41 Å². The zero-order chi connectivity index (χ0) is 11.4. The van der Waals surface area contributed by atoms with Gasteiger partial charge in [0, 0.05) is 23.4 Å². The predicted octanol–water partition coefficient (Wildman–Crippen LogP) is 2.78. The van der Waals surface area contributed by atoms with Gasteiger partial charge in [0.2, 0.25) is 0 Å². The number of rotatable bonds is 4. The molecule has 90 valence electrons. The molecule has 0 amide bonds. The highest BCUT2D eigenvalue weighted by molar-refractivity contribution is 7.09. The molecule has 16 heavy (non-hydrogen) atoms. The van der Waals surface area contributed by atoms with Crippen LogP contribution in [0.3, 0.4) is 0 Å². The second-order valence-electron chi connectivity index (χ2n) is 5.10. The first-order valence-electron chi connectivity index (χ1n) is 6.12. The molecule has 0 aliphatic heterocycles. The Morgan fingerprint density at radius 1 is 1.56 bits per heavy atom. The minimum Gasteiger partial charge on any atom is -0.393 e. The van der Waals surface area contributed by atoms with E-state index in [1.165, 1.54) is 17.7 Å². The van der Waals surface area contributed by atoms with E-state index in [1.807, 2.05) is 0 Å². The molecule has 1 aromatic heterocycles. The van der Waals surface area contributed by atoms with Gasteiger partial charge in [-0.15, -0.1) is 11.3 Å². The molecule has 3 heteroatoms. The molecule has 2 N–H and O–H groups in total. The van der Waals surface area contributed by atoms with E-state index in [9.17, 15) is 5.11 Å². The number of thiophene rings is 1. The van der Waals surface area contributed by atoms with Gasteiger partial charge in [-0.3, -0.25) is 0 Å². The van der Waals surface area contributed by atoms with Crippen molar-refractivity contribution in [2.45, 2.75) is 45.3 Å². The Morgan fingerprint density at radius 2 is 2.44 bits per heavy atom. The molecule has 1 heterocycles. The van der Waals surface area contributed by atoms with Gasteiger partial charge in [-0.05, 0) is 24.3 Å². The molecule has 1 aliphatic carbocycles. The van der Waals surface area contributed by atoms with Gasteiger partial charge in [0.25, 0.3) is 0 Å². The summed E-state index contributed by atoms with van der Waals surface area (Å²) < 4.78 is 0. The van der Waals surface area contributed by atoms with Gasteiger partial charge < -0.3 is 10.4 Å². The van der Waals surface area contributed by atoms with Crippen molar-refractivity contribution in [3.63, 3.8) is 0 Å². The number of hydrogen-bond acceptors (Lipinski definition) is 3. The van der Waals surface area contributed by atoms with Crippen LogP contribution in [0.2, 0.25) is 0 Å². The molecule has 0 saturated heterocycles.